The molecule has 1 aromatic rings. The van der Waals surface area contributed by atoms with Crippen molar-refractivity contribution in [2.24, 2.45) is 0 Å². The summed E-state index contributed by atoms with van der Waals surface area (Å²) < 4.78 is 0. The van der Waals surface area contributed by atoms with Gasteiger partial charge in [-0.1, -0.05) is 6.07 Å². The van der Waals surface area contributed by atoms with Crippen molar-refractivity contribution in [3.8, 4) is 0 Å². The average molecular weight is 205 g/mol. The smallest absolute Gasteiger partial charge is 0.269 e. The first kappa shape index (κ1) is 9.32. The number of rotatable bonds is 2. The van der Waals surface area contributed by atoms with Crippen LogP contribution in [0.2, 0.25) is 0 Å². The van der Waals surface area contributed by atoms with Gasteiger partial charge in [0.2, 0.25) is 0 Å². The van der Waals surface area contributed by atoms with E-state index in [2.05, 4.69) is 4.98 Å². The van der Waals surface area contributed by atoms with Gasteiger partial charge in [-0.05, 0) is 11.6 Å². The summed E-state index contributed by atoms with van der Waals surface area (Å²) in [5.41, 5.74) is 0.690. The number of pyridine rings is 1. The van der Waals surface area contributed by atoms with Gasteiger partial charge in [0.25, 0.3) is 0 Å². The number of hydrogen-bond acceptors (Lipinski definition) is 4. The van der Waals surface area contributed by atoms with E-state index in [9.17, 15) is 14.4 Å². The minimum atomic E-state index is -0.885. The normalized spacial score (nSPS) is 15.7. The second-order valence-corrected chi connectivity index (χ2v) is 3.01. The molecule has 1 aliphatic heterocycles. The summed E-state index contributed by atoms with van der Waals surface area (Å²) in [7, 11) is 0. The van der Waals surface area contributed by atoms with E-state index in [1.165, 1.54) is 6.20 Å². The molecule has 1 fully saturated rings. The number of nitrogens with one attached hydrogen (secondary N) is 1. The number of carbonyl (C=O) groups is 3. The lowest BCUT2D eigenvalue weighted by atomic mass is 10.3. The Hall–Kier alpha value is -2.24. The Morgan fingerprint density at radius 1 is 1.33 bits per heavy atom. The van der Waals surface area contributed by atoms with E-state index in [0.717, 1.165) is 4.90 Å². The first-order valence-corrected chi connectivity index (χ1v) is 4.24. The molecule has 1 saturated heterocycles. The molecule has 0 atom stereocenters. The van der Waals surface area contributed by atoms with Crippen molar-refractivity contribution >= 4 is 17.8 Å². The van der Waals surface area contributed by atoms with Crippen LogP contribution in [-0.2, 0) is 16.1 Å². The summed E-state index contributed by atoms with van der Waals surface area (Å²) in [5, 5.41) is 1.91. The van der Waals surface area contributed by atoms with Crippen molar-refractivity contribution < 1.29 is 14.4 Å². The Morgan fingerprint density at radius 2 is 2.13 bits per heavy atom. The van der Waals surface area contributed by atoms with Crippen LogP contribution in [0.3, 0.4) is 0 Å². The van der Waals surface area contributed by atoms with E-state index in [0.29, 0.717) is 5.56 Å². The van der Waals surface area contributed by atoms with Gasteiger partial charge in [-0.2, -0.15) is 0 Å². The van der Waals surface area contributed by atoms with Crippen molar-refractivity contribution in [2.45, 2.75) is 6.54 Å². The summed E-state index contributed by atoms with van der Waals surface area (Å²) in [4.78, 5) is 37.9. The van der Waals surface area contributed by atoms with E-state index in [1.807, 2.05) is 5.32 Å². The number of urea groups is 1. The number of amides is 4. The Bertz CT molecular complexity index is 429. The summed E-state index contributed by atoms with van der Waals surface area (Å²) in [6.45, 7) is 0.0598. The molecule has 0 saturated carbocycles. The van der Waals surface area contributed by atoms with Gasteiger partial charge in [-0.25, -0.2) is 4.79 Å². The Balaban J connectivity index is 2.16. The number of nitrogens with zero attached hydrogens (tertiary/aromatic N) is 2. The van der Waals surface area contributed by atoms with Gasteiger partial charge in [0.15, 0.2) is 0 Å². The Kier molecular flexibility index (Phi) is 2.17. The zero-order valence-corrected chi connectivity index (χ0v) is 7.64. The third kappa shape index (κ3) is 1.69. The highest BCUT2D eigenvalue weighted by atomic mass is 16.2. The molecular weight excluding hydrogens is 198 g/mol. The van der Waals surface area contributed by atoms with Crippen LogP contribution in [0, 0.1) is 0 Å². The number of carbonyl (C=O) groups excluding carboxylic acids is 3. The molecule has 76 valence electrons. The SMILES string of the molecule is O=C1NC(=O)N(Cc2cccnc2)C1=O. The van der Waals surface area contributed by atoms with Crippen LogP contribution in [0.25, 0.3) is 0 Å². The monoisotopic (exact) mass is 205 g/mol. The fourth-order valence-electron chi connectivity index (χ4n) is 1.25. The lowest BCUT2D eigenvalue weighted by Crippen LogP contribution is -2.30. The molecule has 1 aromatic heterocycles. The van der Waals surface area contributed by atoms with Crippen LogP contribution < -0.4 is 5.32 Å². The fraction of sp³-hybridized carbons (Fsp3) is 0.111. The highest BCUT2D eigenvalue weighted by Crippen LogP contribution is 2.07. The maximum absolute atomic E-state index is 11.2. The van der Waals surface area contributed by atoms with Crippen LogP contribution in [0.15, 0.2) is 24.5 Å². The minimum absolute atomic E-state index is 0.0598. The summed E-state index contributed by atoms with van der Waals surface area (Å²) >= 11 is 0. The third-order valence-electron chi connectivity index (χ3n) is 1.97. The maximum atomic E-state index is 11.2. The quantitative estimate of drug-likeness (QED) is 0.529. The average Bonchev–Trinajstić information content (AvgIpc) is 2.47. The van der Waals surface area contributed by atoms with Crippen LogP contribution in [0.5, 0.6) is 0 Å². The predicted octanol–water partition coefficient (Wildman–Crippen LogP) is -0.340. The van der Waals surface area contributed by atoms with Crippen molar-refractivity contribution in [2.75, 3.05) is 0 Å². The second kappa shape index (κ2) is 3.49. The van der Waals surface area contributed by atoms with Gasteiger partial charge in [-0.15, -0.1) is 0 Å². The van der Waals surface area contributed by atoms with Crippen LogP contribution in [0.1, 0.15) is 5.56 Å². The number of hydrogen-bond donors (Lipinski definition) is 1. The number of aromatic nitrogens is 1. The predicted molar refractivity (Wildman–Crippen MR) is 48.3 cm³/mol. The largest absolute Gasteiger partial charge is 0.331 e. The van der Waals surface area contributed by atoms with Crippen molar-refractivity contribution in [1.29, 1.82) is 0 Å². The minimum Gasteiger partial charge on any atom is -0.269 e. The lowest BCUT2D eigenvalue weighted by molar-refractivity contribution is -0.140. The first-order chi connectivity index (χ1) is 7.18. The molecule has 0 spiro atoms. The molecule has 6 nitrogen and oxygen atoms in total. The van der Waals surface area contributed by atoms with E-state index in [-0.39, 0.29) is 6.54 Å². The molecule has 6 heteroatoms. The van der Waals surface area contributed by atoms with Crippen LogP contribution >= 0.6 is 0 Å². The molecule has 0 aromatic carbocycles. The van der Waals surface area contributed by atoms with E-state index >= 15 is 0 Å². The van der Waals surface area contributed by atoms with E-state index < -0.39 is 17.8 Å². The van der Waals surface area contributed by atoms with Gasteiger partial charge in [0, 0.05) is 12.4 Å². The summed E-state index contributed by atoms with van der Waals surface area (Å²) in [6.07, 6.45) is 3.11. The fourth-order valence-corrected chi connectivity index (χ4v) is 1.25. The maximum Gasteiger partial charge on any atom is 0.331 e. The highest BCUT2D eigenvalue weighted by Gasteiger charge is 2.36. The first-order valence-electron chi connectivity index (χ1n) is 4.24. The molecule has 0 aliphatic carbocycles. The topological polar surface area (TPSA) is 79.4 Å². The molecule has 1 aliphatic rings. The van der Waals surface area contributed by atoms with Gasteiger partial charge in [0.05, 0.1) is 6.54 Å². The second-order valence-electron chi connectivity index (χ2n) is 3.01. The molecule has 4 amide bonds. The Morgan fingerprint density at radius 3 is 2.67 bits per heavy atom. The number of imide groups is 2. The molecule has 0 unspecified atom stereocenters. The third-order valence-corrected chi connectivity index (χ3v) is 1.97. The van der Waals surface area contributed by atoms with E-state index in [4.69, 9.17) is 0 Å². The van der Waals surface area contributed by atoms with Crippen LogP contribution in [-0.4, -0.2) is 27.7 Å². The van der Waals surface area contributed by atoms with Gasteiger partial charge >= 0.3 is 17.8 Å². The van der Waals surface area contributed by atoms with Crippen molar-refractivity contribution in [3.63, 3.8) is 0 Å². The zero-order chi connectivity index (χ0) is 10.8. The Labute approximate surface area is 84.9 Å². The lowest BCUT2D eigenvalue weighted by Gasteiger charge is -2.10. The van der Waals surface area contributed by atoms with Crippen LogP contribution in [0.4, 0.5) is 4.79 Å². The molecule has 0 radical (unpaired) electrons. The molecule has 15 heavy (non-hydrogen) atoms. The highest BCUT2D eigenvalue weighted by molar-refractivity contribution is 6.44. The van der Waals surface area contributed by atoms with Crippen molar-refractivity contribution in [3.05, 3.63) is 30.1 Å². The molecule has 1 N–H and O–H groups in total. The summed E-state index contributed by atoms with van der Waals surface area (Å²) in [6, 6.07) is 2.72. The molecule has 2 rings (SSSR count). The van der Waals surface area contributed by atoms with Gasteiger partial charge in [0.1, 0.15) is 0 Å². The molecule has 2 heterocycles. The molecular formula is C9H7N3O3. The zero-order valence-electron chi connectivity index (χ0n) is 7.64. The van der Waals surface area contributed by atoms with Crippen molar-refractivity contribution in [1.82, 2.24) is 15.2 Å². The van der Waals surface area contributed by atoms with E-state index in [1.54, 1.807) is 18.3 Å². The standard InChI is InChI=1S/C9H7N3O3/c13-7-8(14)12(9(15)11-7)5-6-2-1-3-10-4-6/h1-4H,5H2,(H,11,13,15). The molecule has 0 bridgehead atoms. The summed E-state index contributed by atoms with van der Waals surface area (Å²) in [5.74, 6) is -1.72. The van der Waals surface area contributed by atoms with Gasteiger partial charge in [-0.3, -0.25) is 24.8 Å². The van der Waals surface area contributed by atoms with Gasteiger partial charge < -0.3 is 0 Å².